The molecule has 1 aromatic rings. The number of anilines is 1. The summed E-state index contributed by atoms with van der Waals surface area (Å²) in [6.45, 7) is 4.35. The van der Waals surface area contributed by atoms with E-state index in [4.69, 9.17) is 0 Å². The summed E-state index contributed by atoms with van der Waals surface area (Å²) in [6.07, 6.45) is 8.34. The molecule has 1 amide bonds. The Morgan fingerprint density at radius 3 is 2.32 bits per heavy atom. The number of hydrogen-bond acceptors (Lipinski definition) is 4. The summed E-state index contributed by atoms with van der Waals surface area (Å²) in [4.78, 5) is 28.6. The molecular weight excluding hydrogens is 410 g/mol. The summed E-state index contributed by atoms with van der Waals surface area (Å²) < 4.78 is 0. The minimum Gasteiger partial charge on any atom is -0.477 e. The van der Waals surface area contributed by atoms with Crippen LogP contribution in [-0.4, -0.2) is 34.2 Å². The van der Waals surface area contributed by atoms with Crippen LogP contribution in [0.3, 0.4) is 0 Å². The molecule has 0 spiro atoms. The van der Waals surface area contributed by atoms with E-state index >= 15 is 0 Å². The molecule has 3 aliphatic rings. The highest BCUT2D eigenvalue weighted by Crippen LogP contribution is 2.44. The molecule has 168 valence electrons. The van der Waals surface area contributed by atoms with E-state index in [-0.39, 0.29) is 34.3 Å². The van der Waals surface area contributed by atoms with E-state index in [1.54, 1.807) is 4.90 Å². The van der Waals surface area contributed by atoms with Crippen molar-refractivity contribution in [3.8, 4) is 11.8 Å². The fourth-order valence-corrected chi connectivity index (χ4v) is 5.66. The topological polar surface area (TPSA) is 77.8 Å². The molecule has 2 N–H and O–H groups in total. The average Bonchev–Trinajstić information content (AvgIpc) is 3.33. The fourth-order valence-electron chi connectivity index (χ4n) is 4.82. The zero-order valence-corrected chi connectivity index (χ0v) is 19.3. The summed E-state index contributed by atoms with van der Waals surface area (Å²) in [6, 6.07) is 1.76. The Bertz CT molecular complexity index is 890. The first-order valence-corrected chi connectivity index (χ1v) is 12.5. The van der Waals surface area contributed by atoms with Gasteiger partial charge in [0.25, 0.3) is 0 Å². The number of thiophene rings is 1. The zero-order chi connectivity index (χ0) is 22.2. The highest BCUT2D eigenvalue weighted by atomic mass is 32.1. The molecule has 3 saturated carbocycles. The van der Waals surface area contributed by atoms with Gasteiger partial charge >= 0.3 is 5.97 Å². The number of aromatic carboxylic acids is 1. The molecule has 0 atom stereocenters. The number of carbonyl (C=O) groups excluding carboxylic acids is 1. The van der Waals surface area contributed by atoms with Crippen LogP contribution in [0.2, 0.25) is 0 Å². The number of nitrogens with zero attached hydrogens (tertiary/aromatic N) is 1. The molecular formula is C25H33NO4S. The number of carboxylic acid groups (broad SMARTS) is 1. The fraction of sp³-hybridized carbons (Fsp3) is 0.680. The maximum absolute atomic E-state index is 13.7. The second-order valence-electron chi connectivity index (χ2n) is 10.1. The van der Waals surface area contributed by atoms with E-state index < -0.39 is 5.97 Å². The van der Waals surface area contributed by atoms with Crippen LogP contribution < -0.4 is 4.90 Å². The van der Waals surface area contributed by atoms with Crippen molar-refractivity contribution >= 4 is 28.9 Å². The third kappa shape index (κ3) is 5.15. The number of hydrogen-bond donors (Lipinski definition) is 2. The Balaban J connectivity index is 1.68. The van der Waals surface area contributed by atoms with Gasteiger partial charge in [-0.05, 0) is 83.1 Å². The van der Waals surface area contributed by atoms with E-state index in [0.29, 0.717) is 42.2 Å². The van der Waals surface area contributed by atoms with Crippen molar-refractivity contribution in [3.63, 3.8) is 0 Å². The Morgan fingerprint density at radius 2 is 1.74 bits per heavy atom. The number of carboxylic acids is 1. The van der Waals surface area contributed by atoms with E-state index in [1.165, 1.54) is 11.3 Å². The Labute approximate surface area is 188 Å². The van der Waals surface area contributed by atoms with Crippen molar-refractivity contribution in [3.05, 3.63) is 15.8 Å². The molecule has 4 rings (SSSR count). The molecule has 6 heteroatoms. The largest absolute Gasteiger partial charge is 0.477 e. The van der Waals surface area contributed by atoms with Gasteiger partial charge in [0.1, 0.15) is 4.88 Å². The highest BCUT2D eigenvalue weighted by molar-refractivity contribution is 7.15. The van der Waals surface area contributed by atoms with Crippen LogP contribution in [0, 0.1) is 29.1 Å². The first-order chi connectivity index (χ1) is 14.8. The van der Waals surface area contributed by atoms with Crippen molar-refractivity contribution < 1.29 is 19.8 Å². The van der Waals surface area contributed by atoms with Gasteiger partial charge in [-0.1, -0.05) is 18.8 Å². The third-order valence-electron chi connectivity index (χ3n) is 7.29. The molecule has 5 nitrogen and oxygen atoms in total. The summed E-state index contributed by atoms with van der Waals surface area (Å²) in [7, 11) is 0. The van der Waals surface area contributed by atoms with Gasteiger partial charge in [-0.3, -0.25) is 4.79 Å². The predicted molar refractivity (Wildman–Crippen MR) is 122 cm³/mol. The number of amides is 1. The number of rotatable bonds is 4. The quantitative estimate of drug-likeness (QED) is 0.638. The first-order valence-electron chi connectivity index (χ1n) is 11.7. The predicted octanol–water partition coefficient (Wildman–Crippen LogP) is 5.06. The number of aliphatic hydroxyl groups excluding tert-OH is 1. The van der Waals surface area contributed by atoms with Gasteiger partial charge in [0.2, 0.25) is 5.91 Å². The molecule has 1 heterocycles. The van der Waals surface area contributed by atoms with Gasteiger partial charge < -0.3 is 15.1 Å². The van der Waals surface area contributed by atoms with Crippen LogP contribution in [0.4, 0.5) is 5.69 Å². The lowest BCUT2D eigenvalue weighted by Crippen LogP contribution is -2.47. The maximum Gasteiger partial charge on any atom is 0.348 e. The molecule has 3 aliphatic carbocycles. The Morgan fingerprint density at radius 1 is 1.10 bits per heavy atom. The standard InChI is InChI=1S/C25H33NO4S/c1-16-3-5-17(6-4-16)23(28)26(18-7-9-19(27)10-8-18)21-15-20(31-22(21)24(29)30)11-12-25(2)13-14-25/h15-19,27H,3-10,13-14H2,1-2H3,(H,29,30)/t16?,17?,18-,19-. The first kappa shape index (κ1) is 22.4. The highest BCUT2D eigenvalue weighted by Gasteiger charge is 2.38. The van der Waals surface area contributed by atoms with Gasteiger partial charge in [0, 0.05) is 17.4 Å². The van der Waals surface area contributed by atoms with Crippen LogP contribution >= 0.6 is 11.3 Å². The van der Waals surface area contributed by atoms with Gasteiger partial charge in [-0.15, -0.1) is 11.3 Å². The number of aliphatic hydroxyl groups is 1. The molecule has 0 unspecified atom stereocenters. The normalized spacial score (nSPS) is 29.5. The zero-order valence-electron chi connectivity index (χ0n) is 18.5. The van der Waals surface area contributed by atoms with Crippen LogP contribution in [0.5, 0.6) is 0 Å². The van der Waals surface area contributed by atoms with Crippen molar-refractivity contribution in [1.29, 1.82) is 0 Å². The van der Waals surface area contributed by atoms with Crippen LogP contribution in [0.15, 0.2) is 6.07 Å². The molecule has 0 saturated heterocycles. The molecule has 3 fully saturated rings. The lowest BCUT2D eigenvalue weighted by molar-refractivity contribution is -0.124. The average molecular weight is 444 g/mol. The van der Waals surface area contributed by atoms with E-state index in [2.05, 4.69) is 25.7 Å². The van der Waals surface area contributed by atoms with Crippen LogP contribution in [0.1, 0.15) is 92.6 Å². The van der Waals surface area contributed by atoms with Gasteiger partial charge in [0.15, 0.2) is 0 Å². The minimum atomic E-state index is -1.00. The second-order valence-corrected chi connectivity index (χ2v) is 11.1. The van der Waals surface area contributed by atoms with Gasteiger partial charge in [-0.2, -0.15) is 0 Å². The monoisotopic (exact) mass is 443 g/mol. The maximum atomic E-state index is 13.7. The molecule has 0 radical (unpaired) electrons. The summed E-state index contributed by atoms with van der Waals surface area (Å²) >= 11 is 1.18. The molecule has 0 bridgehead atoms. The number of carbonyl (C=O) groups is 2. The lowest BCUT2D eigenvalue weighted by Gasteiger charge is -2.38. The smallest absolute Gasteiger partial charge is 0.348 e. The van der Waals surface area contributed by atoms with Crippen molar-refractivity contribution in [2.75, 3.05) is 4.90 Å². The molecule has 0 aliphatic heterocycles. The summed E-state index contributed by atoms with van der Waals surface area (Å²) in [5.74, 6) is 6.11. The Kier molecular flexibility index (Phi) is 6.46. The van der Waals surface area contributed by atoms with Crippen molar-refractivity contribution in [1.82, 2.24) is 0 Å². The van der Waals surface area contributed by atoms with Crippen molar-refractivity contribution in [2.24, 2.45) is 17.3 Å². The van der Waals surface area contributed by atoms with Gasteiger partial charge in [-0.25, -0.2) is 4.79 Å². The van der Waals surface area contributed by atoms with Gasteiger partial charge in [0.05, 0.1) is 16.7 Å². The van der Waals surface area contributed by atoms with E-state index in [0.717, 1.165) is 38.5 Å². The van der Waals surface area contributed by atoms with Crippen LogP contribution in [0.25, 0.3) is 0 Å². The molecule has 1 aromatic heterocycles. The summed E-state index contributed by atoms with van der Waals surface area (Å²) in [5, 5.41) is 19.9. The molecule has 0 aromatic carbocycles. The van der Waals surface area contributed by atoms with E-state index in [9.17, 15) is 19.8 Å². The SMILES string of the molecule is CC1CCC(C(=O)N(c2cc(C#CC3(C)CC3)sc2C(=O)O)[C@H]2CC[C@H](O)CC2)CC1. The van der Waals surface area contributed by atoms with Crippen LogP contribution in [-0.2, 0) is 4.79 Å². The second kappa shape index (κ2) is 8.96. The third-order valence-corrected chi connectivity index (χ3v) is 8.32. The lowest BCUT2D eigenvalue weighted by atomic mass is 9.81. The van der Waals surface area contributed by atoms with Crippen molar-refractivity contribution in [2.45, 2.75) is 90.2 Å². The summed E-state index contributed by atoms with van der Waals surface area (Å²) in [5.41, 5.74) is 0.564. The minimum absolute atomic E-state index is 0.0514. The van der Waals surface area contributed by atoms with E-state index in [1.807, 2.05) is 6.07 Å². The Hall–Kier alpha value is -1.84. The molecule has 31 heavy (non-hydrogen) atoms.